The molecule has 7 heteroatoms. The summed E-state index contributed by atoms with van der Waals surface area (Å²) in [6, 6.07) is 12.5. The predicted octanol–water partition coefficient (Wildman–Crippen LogP) is 5.23. The van der Waals surface area contributed by atoms with E-state index < -0.39 is 0 Å². The van der Waals surface area contributed by atoms with Crippen molar-refractivity contribution in [1.82, 2.24) is 24.6 Å². The van der Waals surface area contributed by atoms with Crippen LogP contribution in [0.15, 0.2) is 42.6 Å². The zero-order chi connectivity index (χ0) is 22.8. The maximum atomic E-state index is 6.42. The van der Waals surface area contributed by atoms with Crippen LogP contribution in [-0.2, 0) is 12.8 Å². The Labute approximate surface area is 201 Å². The number of ether oxygens (including phenoxy) is 1. The molecule has 0 saturated heterocycles. The second-order valence-electron chi connectivity index (χ2n) is 9.13. The van der Waals surface area contributed by atoms with E-state index in [0.717, 1.165) is 68.3 Å². The Hall–Kier alpha value is -2.44. The Bertz CT molecular complexity index is 1070. The quantitative estimate of drug-likeness (QED) is 0.499. The number of aromatic nitrogens is 4. The molecule has 174 valence electrons. The van der Waals surface area contributed by atoms with Crippen LogP contribution in [0.1, 0.15) is 62.7 Å². The lowest BCUT2D eigenvalue weighted by atomic mass is 9.86. The molecule has 33 heavy (non-hydrogen) atoms. The standard InChI is InChI=1S/C26H32ClN5O/c1-3-31(4-2)21-16-19-15-20(27)10-13-23(19)32-24(17-21)29-30-26(32)18-8-11-22(12-9-18)33-25-7-5-6-14-28-25/h5-7,10,13-15,18,21-22H,3-4,8-9,11-12,16-17H2,1-2H3/t18?,21-,22?/m0/s1. The lowest BCUT2D eigenvalue weighted by Crippen LogP contribution is -2.38. The summed E-state index contributed by atoms with van der Waals surface area (Å²) in [4.78, 5) is 6.84. The van der Waals surface area contributed by atoms with Crippen molar-refractivity contribution in [2.45, 2.75) is 70.4 Å². The Morgan fingerprint density at radius 3 is 2.58 bits per heavy atom. The summed E-state index contributed by atoms with van der Waals surface area (Å²) in [5.41, 5.74) is 2.47. The van der Waals surface area contributed by atoms with Gasteiger partial charge in [-0.15, -0.1) is 10.2 Å². The highest BCUT2D eigenvalue weighted by molar-refractivity contribution is 6.30. The zero-order valence-corrected chi connectivity index (χ0v) is 20.2. The van der Waals surface area contributed by atoms with Crippen molar-refractivity contribution >= 4 is 11.6 Å². The van der Waals surface area contributed by atoms with Crippen LogP contribution in [0.5, 0.6) is 5.88 Å². The SMILES string of the molecule is CCN(CC)[C@H]1Cc2cc(Cl)ccc2-n2c(nnc2C2CCC(Oc3ccccn3)CC2)C1. The fraction of sp³-hybridized carbons (Fsp3) is 0.500. The summed E-state index contributed by atoms with van der Waals surface area (Å²) >= 11 is 6.42. The number of fused-ring (bicyclic) bond motifs is 3. The van der Waals surface area contributed by atoms with Gasteiger partial charge in [0.1, 0.15) is 17.8 Å². The van der Waals surface area contributed by atoms with Gasteiger partial charge < -0.3 is 9.64 Å². The van der Waals surface area contributed by atoms with Crippen molar-refractivity contribution in [1.29, 1.82) is 0 Å². The second-order valence-corrected chi connectivity index (χ2v) is 9.56. The highest BCUT2D eigenvalue weighted by Gasteiger charge is 2.32. The summed E-state index contributed by atoms with van der Waals surface area (Å²) in [6.07, 6.45) is 7.94. The number of nitrogens with zero attached hydrogens (tertiary/aromatic N) is 5. The molecule has 2 aromatic heterocycles. The number of hydrogen-bond acceptors (Lipinski definition) is 5. The summed E-state index contributed by atoms with van der Waals surface area (Å²) < 4.78 is 8.45. The Balaban J connectivity index is 1.40. The second kappa shape index (κ2) is 9.82. The third-order valence-corrected chi connectivity index (χ3v) is 7.44. The molecule has 1 atom stereocenters. The smallest absolute Gasteiger partial charge is 0.213 e. The molecule has 1 saturated carbocycles. The lowest BCUT2D eigenvalue weighted by molar-refractivity contribution is 0.139. The highest BCUT2D eigenvalue weighted by Crippen LogP contribution is 2.37. The molecule has 3 aromatic rings. The molecule has 0 unspecified atom stereocenters. The molecular weight excluding hydrogens is 434 g/mol. The molecule has 6 nitrogen and oxygen atoms in total. The Morgan fingerprint density at radius 1 is 1.03 bits per heavy atom. The van der Waals surface area contributed by atoms with Gasteiger partial charge in [-0.05, 0) is 75.0 Å². The van der Waals surface area contributed by atoms with Gasteiger partial charge in [-0.2, -0.15) is 0 Å². The molecule has 5 rings (SSSR count). The van der Waals surface area contributed by atoms with Crippen molar-refractivity contribution < 1.29 is 4.74 Å². The first kappa shape index (κ1) is 22.4. The predicted molar refractivity (Wildman–Crippen MR) is 130 cm³/mol. The van der Waals surface area contributed by atoms with Crippen LogP contribution in [0.2, 0.25) is 5.02 Å². The number of rotatable bonds is 6. The summed E-state index contributed by atoms with van der Waals surface area (Å²) in [5.74, 6) is 3.24. The first-order valence-corrected chi connectivity index (χ1v) is 12.6. The zero-order valence-electron chi connectivity index (χ0n) is 19.5. The third-order valence-electron chi connectivity index (χ3n) is 7.20. The van der Waals surface area contributed by atoms with Gasteiger partial charge >= 0.3 is 0 Å². The Morgan fingerprint density at radius 2 is 1.85 bits per heavy atom. The number of likely N-dealkylation sites (N-methyl/N-ethyl adjacent to an activating group) is 1. The molecule has 0 amide bonds. The largest absolute Gasteiger partial charge is 0.474 e. The van der Waals surface area contributed by atoms with Gasteiger partial charge in [0.25, 0.3) is 0 Å². The van der Waals surface area contributed by atoms with Crippen molar-refractivity contribution in [2.24, 2.45) is 0 Å². The Kier molecular flexibility index (Phi) is 6.65. The number of hydrogen-bond donors (Lipinski definition) is 0. The molecule has 1 aliphatic heterocycles. The van der Waals surface area contributed by atoms with E-state index in [-0.39, 0.29) is 6.10 Å². The van der Waals surface area contributed by atoms with Gasteiger partial charge in [-0.25, -0.2) is 4.98 Å². The van der Waals surface area contributed by atoms with Crippen LogP contribution >= 0.6 is 11.6 Å². The van der Waals surface area contributed by atoms with E-state index >= 15 is 0 Å². The van der Waals surface area contributed by atoms with E-state index in [4.69, 9.17) is 26.5 Å². The maximum absolute atomic E-state index is 6.42. The average molecular weight is 466 g/mol. The molecule has 0 N–H and O–H groups in total. The lowest BCUT2D eigenvalue weighted by Gasteiger charge is -2.28. The van der Waals surface area contributed by atoms with Gasteiger partial charge in [0.2, 0.25) is 5.88 Å². The van der Waals surface area contributed by atoms with Crippen molar-refractivity contribution in [3.63, 3.8) is 0 Å². The normalized spacial score (nSPS) is 22.5. The minimum atomic E-state index is 0.209. The average Bonchev–Trinajstić information content (AvgIpc) is 3.17. The molecule has 0 radical (unpaired) electrons. The molecule has 0 bridgehead atoms. The van der Waals surface area contributed by atoms with Crippen LogP contribution in [0, 0.1) is 0 Å². The molecule has 1 aromatic carbocycles. The first-order valence-electron chi connectivity index (χ1n) is 12.2. The van der Waals surface area contributed by atoms with Crippen LogP contribution < -0.4 is 4.74 Å². The summed E-state index contributed by atoms with van der Waals surface area (Å²) in [6.45, 7) is 6.51. The number of pyridine rings is 1. The maximum Gasteiger partial charge on any atom is 0.213 e. The number of halogens is 1. The van der Waals surface area contributed by atoms with Gasteiger partial charge in [0, 0.05) is 35.7 Å². The van der Waals surface area contributed by atoms with E-state index in [1.807, 2.05) is 24.3 Å². The first-order chi connectivity index (χ1) is 16.2. The van der Waals surface area contributed by atoms with Crippen LogP contribution in [-0.4, -0.2) is 49.9 Å². The van der Waals surface area contributed by atoms with E-state index in [1.54, 1.807) is 6.20 Å². The summed E-state index contributed by atoms with van der Waals surface area (Å²) in [7, 11) is 0. The molecule has 3 heterocycles. The fourth-order valence-corrected chi connectivity index (χ4v) is 5.68. The van der Waals surface area contributed by atoms with Crippen molar-refractivity contribution in [2.75, 3.05) is 13.1 Å². The van der Waals surface area contributed by atoms with Gasteiger partial charge in [0.15, 0.2) is 0 Å². The van der Waals surface area contributed by atoms with Crippen molar-refractivity contribution in [3.05, 3.63) is 64.8 Å². The minimum absolute atomic E-state index is 0.209. The van der Waals surface area contributed by atoms with E-state index in [9.17, 15) is 0 Å². The third kappa shape index (κ3) is 4.64. The topological polar surface area (TPSA) is 56.1 Å². The summed E-state index contributed by atoms with van der Waals surface area (Å²) in [5, 5.41) is 10.2. The molecule has 1 fully saturated rings. The molecule has 0 spiro atoms. The highest BCUT2D eigenvalue weighted by atomic mass is 35.5. The number of benzene rings is 1. The van der Waals surface area contributed by atoms with Crippen LogP contribution in [0.3, 0.4) is 0 Å². The van der Waals surface area contributed by atoms with Gasteiger partial charge in [-0.3, -0.25) is 4.57 Å². The monoisotopic (exact) mass is 465 g/mol. The van der Waals surface area contributed by atoms with Crippen molar-refractivity contribution in [3.8, 4) is 11.6 Å². The van der Waals surface area contributed by atoms with E-state index in [0.29, 0.717) is 17.8 Å². The van der Waals surface area contributed by atoms with Crippen LogP contribution in [0.25, 0.3) is 5.69 Å². The molecule has 2 aliphatic rings. The van der Waals surface area contributed by atoms with Crippen LogP contribution in [0.4, 0.5) is 0 Å². The van der Waals surface area contributed by atoms with Gasteiger partial charge in [0.05, 0.1) is 5.69 Å². The van der Waals surface area contributed by atoms with Gasteiger partial charge in [-0.1, -0.05) is 31.5 Å². The fourth-order valence-electron chi connectivity index (χ4n) is 5.49. The van der Waals surface area contributed by atoms with E-state index in [1.165, 1.54) is 11.3 Å². The minimum Gasteiger partial charge on any atom is -0.474 e. The molecule has 1 aliphatic carbocycles. The van der Waals surface area contributed by atoms with E-state index in [2.05, 4.69) is 40.4 Å². The molecular formula is C26H32ClN5O.